The van der Waals surface area contributed by atoms with Gasteiger partial charge in [-0.25, -0.2) is 19.6 Å². The molecular weight excluding hydrogens is 332 g/mol. The lowest BCUT2D eigenvalue weighted by atomic mass is 10.2. The van der Waals surface area contributed by atoms with Gasteiger partial charge >= 0.3 is 0 Å². The predicted octanol–water partition coefficient (Wildman–Crippen LogP) is 2.03. The van der Waals surface area contributed by atoms with Gasteiger partial charge in [0.05, 0.1) is 0 Å². The lowest BCUT2D eigenvalue weighted by Crippen LogP contribution is -2.30. The fraction of sp³-hybridized carbons (Fsp3) is 0.588. The van der Waals surface area contributed by atoms with Crippen LogP contribution in [0.2, 0.25) is 0 Å². The zero-order chi connectivity index (χ0) is 17.9. The Kier molecular flexibility index (Phi) is 4.68. The molecule has 0 radical (unpaired) electrons. The first-order chi connectivity index (χ1) is 12.7. The normalized spacial score (nSPS) is 15.4. The number of hydrogen-bond acceptors (Lipinski definition) is 8. The van der Waals surface area contributed by atoms with Crippen LogP contribution in [0, 0.1) is 6.92 Å². The average Bonchev–Trinajstić information content (AvgIpc) is 3.18. The molecule has 1 aliphatic heterocycles. The van der Waals surface area contributed by atoms with Crippen LogP contribution in [0.5, 0.6) is 0 Å². The minimum absolute atomic E-state index is 0.448. The summed E-state index contributed by atoms with van der Waals surface area (Å²) >= 11 is 0. The Morgan fingerprint density at radius 2 is 1.81 bits per heavy atom. The molecule has 9 heteroatoms. The number of fused-ring (bicyclic) bond motifs is 1. The topological polar surface area (TPSA) is 89.0 Å². The van der Waals surface area contributed by atoms with Crippen LogP contribution in [0.25, 0.3) is 11.3 Å². The van der Waals surface area contributed by atoms with Gasteiger partial charge in [0.2, 0.25) is 11.3 Å². The molecular formula is C17H24N8O. The van der Waals surface area contributed by atoms with Crippen molar-refractivity contribution >= 4 is 22.9 Å². The summed E-state index contributed by atoms with van der Waals surface area (Å²) in [5.74, 6) is 2.71. The Morgan fingerprint density at radius 3 is 2.50 bits per heavy atom. The zero-order valence-corrected chi connectivity index (χ0v) is 15.3. The van der Waals surface area contributed by atoms with Gasteiger partial charge in [-0.3, -0.25) is 0 Å². The Balaban J connectivity index is 1.62. The van der Waals surface area contributed by atoms with Crippen molar-refractivity contribution in [3.8, 4) is 0 Å². The molecule has 3 aromatic rings. The summed E-state index contributed by atoms with van der Waals surface area (Å²) in [6, 6.07) is 0. The van der Waals surface area contributed by atoms with E-state index < -0.39 is 0 Å². The van der Waals surface area contributed by atoms with Crippen LogP contribution in [0.4, 0.5) is 11.6 Å². The van der Waals surface area contributed by atoms with E-state index in [4.69, 9.17) is 14.6 Å². The highest BCUT2D eigenvalue weighted by Crippen LogP contribution is 2.28. The number of anilines is 2. The van der Waals surface area contributed by atoms with E-state index in [0.29, 0.717) is 11.3 Å². The number of aromatic nitrogens is 6. The van der Waals surface area contributed by atoms with E-state index in [1.807, 2.05) is 26.4 Å². The van der Waals surface area contributed by atoms with Crippen molar-refractivity contribution in [3.63, 3.8) is 0 Å². The third kappa shape index (κ3) is 3.33. The van der Waals surface area contributed by atoms with E-state index in [1.54, 1.807) is 0 Å². The average molecular weight is 356 g/mol. The number of nitrogens with zero attached hydrogens (tertiary/aromatic N) is 8. The third-order valence-corrected chi connectivity index (χ3v) is 4.95. The van der Waals surface area contributed by atoms with Gasteiger partial charge in [-0.2, -0.15) is 0 Å². The van der Waals surface area contributed by atoms with Crippen molar-refractivity contribution in [2.24, 2.45) is 0 Å². The van der Waals surface area contributed by atoms with Crippen molar-refractivity contribution in [2.75, 3.05) is 36.5 Å². The molecule has 0 saturated carbocycles. The monoisotopic (exact) mass is 356 g/mol. The first-order valence-electron chi connectivity index (χ1n) is 9.16. The molecule has 0 spiro atoms. The molecule has 1 aliphatic rings. The predicted molar refractivity (Wildman–Crippen MR) is 98.3 cm³/mol. The number of imidazole rings is 1. The van der Waals surface area contributed by atoms with Crippen LogP contribution in [0.15, 0.2) is 17.0 Å². The number of likely N-dealkylation sites (N-methyl/N-ethyl adjacent to an activating group) is 1. The van der Waals surface area contributed by atoms with E-state index >= 15 is 0 Å². The Bertz CT molecular complexity index is 865. The van der Waals surface area contributed by atoms with Gasteiger partial charge in [0, 0.05) is 45.6 Å². The van der Waals surface area contributed by atoms with Crippen LogP contribution >= 0.6 is 0 Å². The maximum absolute atomic E-state index is 4.83. The molecule has 138 valence electrons. The van der Waals surface area contributed by atoms with E-state index in [-0.39, 0.29) is 0 Å². The van der Waals surface area contributed by atoms with Gasteiger partial charge in [0.25, 0.3) is 0 Å². The van der Waals surface area contributed by atoms with Crippen LogP contribution in [-0.4, -0.2) is 56.5 Å². The Labute approximate surface area is 152 Å². The standard InChI is InChI=1S/C17H24N8O/c1-13-18-7-10-24(13)12-11-23(2)16-17(25-8-5-3-4-6-9-25)20-15-14(19-16)21-26-22-15/h7,10H,3-6,8-9,11-12H2,1-2H3. The van der Waals surface area contributed by atoms with E-state index in [9.17, 15) is 0 Å². The minimum Gasteiger partial charge on any atom is -0.355 e. The Morgan fingerprint density at radius 1 is 1.08 bits per heavy atom. The highest BCUT2D eigenvalue weighted by molar-refractivity contribution is 5.74. The van der Waals surface area contributed by atoms with E-state index in [2.05, 4.69) is 29.7 Å². The third-order valence-electron chi connectivity index (χ3n) is 4.95. The maximum Gasteiger partial charge on any atom is 0.245 e. The summed E-state index contributed by atoms with van der Waals surface area (Å²) in [4.78, 5) is 18.1. The minimum atomic E-state index is 0.448. The van der Waals surface area contributed by atoms with Crippen molar-refractivity contribution in [1.29, 1.82) is 0 Å². The summed E-state index contributed by atoms with van der Waals surface area (Å²) in [6.45, 7) is 5.62. The van der Waals surface area contributed by atoms with Crippen molar-refractivity contribution in [1.82, 2.24) is 29.8 Å². The second kappa shape index (κ2) is 7.27. The fourth-order valence-corrected chi connectivity index (χ4v) is 3.38. The lowest BCUT2D eigenvalue weighted by molar-refractivity contribution is 0.314. The van der Waals surface area contributed by atoms with Gasteiger partial charge in [-0.15, -0.1) is 0 Å². The fourth-order valence-electron chi connectivity index (χ4n) is 3.38. The second-order valence-corrected chi connectivity index (χ2v) is 6.77. The molecule has 3 aromatic heterocycles. The van der Waals surface area contributed by atoms with E-state index in [0.717, 1.165) is 43.6 Å². The molecule has 0 amide bonds. The number of hydrogen-bond donors (Lipinski definition) is 0. The Hall–Kier alpha value is -2.71. The summed E-state index contributed by atoms with van der Waals surface area (Å²) in [6.07, 6.45) is 8.70. The second-order valence-electron chi connectivity index (χ2n) is 6.77. The van der Waals surface area contributed by atoms with Crippen molar-refractivity contribution in [2.45, 2.75) is 39.2 Å². The van der Waals surface area contributed by atoms with Gasteiger partial charge in [-0.1, -0.05) is 12.8 Å². The van der Waals surface area contributed by atoms with Crippen LogP contribution in [0.1, 0.15) is 31.5 Å². The van der Waals surface area contributed by atoms with Gasteiger partial charge in [0.1, 0.15) is 5.82 Å². The van der Waals surface area contributed by atoms with Crippen LogP contribution in [0.3, 0.4) is 0 Å². The summed E-state index contributed by atoms with van der Waals surface area (Å²) in [5, 5.41) is 7.75. The number of rotatable bonds is 5. The molecule has 0 bridgehead atoms. The molecule has 0 aliphatic carbocycles. The summed E-state index contributed by atoms with van der Waals surface area (Å²) in [7, 11) is 2.04. The van der Waals surface area contributed by atoms with Gasteiger partial charge < -0.3 is 14.4 Å². The SMILES string of the molecule is Cc1nccn1CCN(C)c1nc2nonc2nc1N1CCCCCC1. The molecule has 0 N–H and O–H groups in total. The van der Waals surface area contributed by atoms with Crippen molar-refractivity contribution in [3.05, 3.63) is 18.2 Å². The molecule has 1 saturated heterocycles. The summed E-state index contributed by atoms with van der Waals surface area (Å²) in [5.41, 5.74) is 0.913. The molecule has 4 heterocycles. The highest BCUT2D eigenvalue weighted by atomic mass is 16.6. The van der Waals surface area contributed by atoms with Gasteiger partial charge in [-0.05, 0) is 30.1 Å². The molecule has 0 atom stereocenters. The van der Waals surface area contributed by atoms with Crippen LogP contribution in [-0.2, 0) is 6.54 Å². The molecule has 9 nitrogen and oxygen atoms in total. The maximum atomic E-state index is 4.83. The largest absolute Gasteiger partial charge is 0.355 e. The molecule has 1 fully saturated rings. The molecule has 0 aromatic carbocycles. The molecule has 0 unspecified atom stereocenters. The van der Waals surface area contributed by atoms with E-state index in [1.165, 1.54) is 25.7 Å². The van der Waals surface area contributed by atoms with Gasteiger partial charge in [0.15, 0.2) is 11.6 Å². The first kappa shape index (κ1) is 16.7. The number of aryl methyl sites for hydroxylation is 1. The highest BCUT2D eigenvalue weighted by Gasteiger charge is 2.22. The molecule has 26 heavy (non-hydrogen) atoms. The van der Waals surface area contributed by atoms with Crippen molar-refractivity contribution < 1.29 is 4.63 Å². The zero-order valence-electron chi connectivity index (χ0n) is 15.3. The smallest absolute Gasteiger partial charge is 0.245 e. The quantitative estimate of drug-likeness (QED) is 0.686. The molecule has 4 rings (SSSR count). The summed E-state index contributed by atoms with van der Waals surface area (Å²) < 4.78 is 6.96. The van der Waals surface area contributed by atoms with Crippen LogP contribution < -0.4 is 9.80 Å². The first-order valence-corrected chi connectivity index (χ1v) is 9.16. The lowest BCUT2D eigenvalue weighted by Gasteiger charge is -2.27.